The van der Waals surface area contributed by atoms with Crippen molar-refractivity contribution < 1.29 is 42.5 Å². The van der Waals surface area contributed by atoms with Gasteiger partial charge in [0.15, 0.2) is 6.04 Å². The van der Waals surface area contributed by atoms with Gasteiger partial charge in [0, 0.05) is 12.1 Å². The van der Waals surface area contributed by atoms with E-state index in [-0.39, 0.29) is 35.8 Å². The molecule has 2 heterocycles. The molecule has 2 saturated heterocycles. The molecule has 2 amide bonds. The molecule has 2 fully saturated rings. The van der Waals surface area contributed by atoms with Crippen LogP contribution in [0.3, 0.4) is 0 Å². The van der Waals surface area contributed by atoms with E-state index in [2.05, 4.69) is 25.0 Å². The van der Waals surface area contributed by atoms with Crippen molar-refractivity contribution in [1.82, 2.24) is 15.5 Å². The van der Waals surface area contributed by atoms with E-state index in [1.807, 2.05) is 0 Å². The van der Waals surface area contributed by atoms with Gasteiger partial charge in [-0.3, -0.25) is 14.5 Å². The van der Waals surface area contributed by atoms with Crippen LogP contribution in [0.25, 0.3) is 0 Å². The summed E-state index contributed by atoms with van der Waals surface area (Å²) < 4.78 is 39.1. The highest BCUT2D eigenvalue weighted by atomic mass is 19.3. The minimum atomic E-state index is -3.01. The number of benzene rings is 1. The van der Waals surface area contributed by atoms with Crippen LogP contribution < -0.4 is 15.4 Å². The van der Waals surface area contributed by atoms with Gasteiger partial charge >= 0.3 is 12.6 Å². The van der Waals surface area contributed by atoms with Gasteiger partial charge in [0.1, 0.15) is 17.9 Å². The molecule has 0 saturated carbocycles. The Kier molecular flexibility index (Phi) is 8.75. The maximum atomic E-state index is 12.7. The topological polar surface area (TPSA) is 126 Å². The largest absolute Gasteiger partial charge is 0.467 e. The minimum absolute atomic E-state index is 0.130. The Morgan fingerprint density at radius 1 is 1.15 bits per heavy atom. The first-order chi connectivity index (χ1) is 16.2. The molecule has 12 heteroatoms. The van der Waals surface area contributed by atoms with Crippen molar-refractivity contribution in [3.05, 3.63) is 29.8 Å². The highest BCUT2D eigenvalue weighted by Gasteiger charge is 2.38. The molecule has 3 rings (SSSR count). The third kappa shape index (κ3) is 6.39. The van der Waals surface area contributed by atoms with E-state index in [0.717, 1.165) is 20.0 Å². The summed E-state index contributed by atoms with van der Waals surface area (Å²) in [5, 5.41) is 15.6. The van der Waals surface area contributed by atoms with E-state index in [0.29, 0.717) is 13.2 Å². The molecule has 10 nitrogen and oxygen atoms in total. The molecule has 1 aromatic rings. The number of carbonyl (C=O) groups is 3. The van der Waals surface area contributed by atoms with Crippen molar-refractivity contribution in [2.24, 2.45) is 0 Å². The number of morpholine rings is 1. The number of esters is 1. The van der Waals surface area contributed by atoms with Crippen molar-refractivity contribution >= 4 is 17.8 Å². The van der Waals surface area contributed by atoms with E-state index in [1.165, 1.54) is 31.2 Å². The van der Waals surface area contributed by atoms with Crippen LogP contribution in [0.2, 0.25) is 0 Å². The van der Waals surface area contributed by atoms with Crippen LogP contribution in [0.4, 0.5) is 8.78 Å². The lowest BCUT2D eigenvalue weighted by Gasteiger charge is -2.34. The van der Waals surface area contributed by atoms with Gasteiger partial charge in [0.25, 0.3) is 0 Å². The van der Waals surface area contributed by atoms with Crippen molar-refractivity contribution in [2.45, 2.75) is 56.6 Å². The van der Waals surface area contributed by atoms with Gasteiger partial charge in [-0.2, -0.15) is 8.78 Å². The summed E-state index contributed by atoms with van der Waals surface area (Å²) in [5.41, 5.74) is 0.164. The average Bonchev–Trinajstić information content (AvgIpc) is 3.01. The first kappa shape index (κ1) is 25.8. The number of alkyl halides is 2. The molecule has 2 aliphatic heterocycles. The number of hydrogen-bond donors (Lipinski definition) is 3. The summed E-state index contributed by atoms with van der Waals surface area (Å²) in [6.07, 6.45) is 0.382. The van der Waals surface area contributed by atoms with Crippen molar-refractivity contribution in [3.8, 4) is 5.75 Å². The van der Waals surface area contributed by atoms with Crippen LogP contribution in [0.5, 0.6) is 5.75 Å². The smallest absolute Gasteiger partial charge is 0.387 e. The number of hydrogen-bond acceptors (Lipinski definition) is 8. The highest BCUT2D eigenvalue weighted by molar-refractivity contribution is 5.91. The maximum Gasteiger partial charge on any atom is 0.387 e. The van der Waals surface area contributed by atoms with Crippen LogP contribution in [0, 0.1) is 0 Å². The molecule has 0 aliphatic carbocycles. The number of nitrogens with zero attached hydrogens (tertiary/aromatic N) is 1. The van der Waals surface area contributed by atoms with E-state index < -0.39 is 36.7 Å². The van der Waals surface area contributed by atoms with Gasteiger partial charge in [-0.25, -0.2) is 4.79 Å². The number of amides is 2. The minimum Gasteiger partial charge on any atom is -0.467 e. The molecule has 0 aromatic heterocycles. The Labute approximate surface area is 195 Å². The molecule has 5 atom stereocenters. The van der Waals surface area contributed by atoms with E-state index >= 15 is 0 Å². The Morgan fingerprint density at radius 3 is 2.32 bits per heavy atom. The maximum absolute atomic E-state index is 12.7. The predicted octanol–water partition coefficient (Wildman–Crippen LogP) is 0.347. The zero-order valence-corrected chi connectivity index (χ0v) is 18.9. The number of fused-ring (bicyclic) bond motifs is 2. The lowest BCUT2D eigenvalue weighted by molar-refractivity contribution is -0.148. The Bertz CT molecular complexity index is 855. The number of methoxy groups -OCH3 is 1. The number of nitrogens with one attached hydrogen (secondary N) is 2. The van der Waals surface area contributed by atoms with Crippen molar-refractivity contribution in [2.75, 3.05) is 26.9 Å². The molecule has 2 aliphatic rings. The molecule has 188 valence electrons. The van der Waals surface area contributed by atoms with Crippen molar-refractivity contribution in [3.63, 3.8) is 0 Å². The fourth-order valence-corrected chi connectivity index (χ4v) is 4.20. The number of halogens is 2. The van der Waals surface area contributed by atoms with E-state index in [4.69, 9.17) is 4.74 Å². The Morgan fingerprint density at radius 2 is 1.76 bits per heavy atom. The lowest BCUT2D eigenvalue weighted by atomic mass is 10.0. The third-order valence-corrected chi connectivity index (χ3v) is 6.00. The second-order valence-corrected chi connectivity index (χ2v) is 8.29. The predicted molar refractivity (Wildman–Crippen MR) is 114 cm³/mol. The summed E-state index contributed by atoms with van der Waals surface area (Å²) in [6.45, 7) is -0.264. The van der Waals surface area contributed by atoms with E-state index in [9.17, 15) is 28.3 Å². The van der Waals surface area contributed by atoms with Crippen LogP contribution in [-0.2, 0) is 23.9 Å². The normalized spacial score (nSPS) is 22.5. The Hall–Kier alpha value is -2.83. The van der Waals surface area contributed by atoms with Gasteiger partial charge in [-0.1, -0.05) is 12.1 Å². The fraction of sp³-hybridized carbons (Fsp3) is 0.591. The van der Waals surface area contributed by atoms with Gasteiger partial charge in [-0.15, -0.1) is 0 Å². The SMILES string of the molecule is COC(=O)[C@@H](NC(=O)[C@H](C)NC(=O)CN1C2CCC1COC2)[C@H](O)c1ccc(OC(F)F)cc1. The number of carbonyl (C=O) groups excluding carboxylic acids is 3. The van der Waals surface area contributed by atoms with Gasteiger partial charge in [-0.05, 0) is 37.5 Å². The molecule has 2 bridgehead atoms. The van der Waals surface area contributed by atoms with Gasteiger partial charge in [0.2, 0.25) is 11.8 Å². The zero-order valence-electron chi connectivity index (χ0n) is 18.9. The Balaban J connectivity index is 1.58. The molecule has 3 N–H and O–H groups in total. The molecule has 0 radical (unpaired) electrons. The molecule has 2 unspecified atom stereocenters. The molecule has 0 spiro atoms. The first-order valence-electron chi connectivity index (χ1n) is 10.9. The zero-order chi connectivity index (χ0) is 24.8. The quantitative estimate of drug-likeness (QED) is 0.406. The van der Waals surface area contributed by atoms with Crippen LogP contribution in [0.15, 0.2) is 24.3 Å². The number of ether oxygens (including phenoxy) is 3. The molecular weight excluding hydrogens is 456 g/mol. The van der Waals surface area contributed by atoms with Crippen LogP contribution in [0.1, 0.15) is 31.4 Å². The lowest BCUT2D eigenvalue weighted by Crippen LogP contribution is -2.55. The van der Waals surface area contributed by atoms with Crippen LogP contribution in [-0.4, -0.2) is 85.4 Å². The highest BCUT2D eigenvalue weighted by Crippen LogP contribution is 2.28. The summed E-state index contributed by atoms with van der Waals surface area (Å²) in [7, 11) is 1.09. The molecule has 34 heavy (non-hydrogen) atoms. The number of rotatable bonds is 10. The number of aliphatic hydroxyl groups is 1. The summed E-state index contributed by atoms with van der Waals surface area (Å²) >= 11 is 0. The molecular formula is C22H29F2N3O7. The summed E-state index contributed by atoms with van der Waals surface area (Å²) in [5.74, 6) is -2.09. The first-order valence-corrected chi connectivity index (χ1v) is 10.9. The van der Waals surface area contributed by atoms with Gasteiger partial charge in [0.05, 0.1) is 26.9 Å². The number of aliphatic hydroxyl groups excluding tert-OH is 1. The van der Waals surface area contributed by atoms with E-state index in [1.54, 1.807) is 0 Å². The monoisotopic (exact) mass is 485 g/mol. The van der Waals surface area contributed by atoms with Crippen molar-refractivity contribution in [1.29, 1.82) is 0 Å². The summed E-state index contributed by atoms with van der Waals surface area (Å²) in [4.78, 5) is 39.5. The fourth-order valence-electron chi connectivity index (χ4n) is 4.20. The second-order valence-electron chi connectivity index (χ2n) is 8.29. The van der Waals surface area contributed by atoms with Gasteiger partial charge < -0.3 is 30.0 Å². The second kappa shape index (κ2) is 11.5. The third-order valence-electron chi connectivity index (χ3n) is 6.00. The summed E-state index contributed by atoms with van der Waals surface area (Å²) in [6, 6.07) is 2.85. The standard InChI is InChI=1S/C22H29F2N3O7/c1-12(25-17(28)9-27-14-5-6-15(27)11-33-10-14)20(30)26-18(21(31)32-2)19(29)13-3-7-16(8-4-13)34-22(23)24/h3-4,7-8,12,14-15,18-19,22,29H,5-6,9-11H2,1-2H3,(H,25,28)(H,26,30)/t12-,14?,15?,18-,19+/m0/s1. The molecule has 1 aromatic carbocycles. The average molecular weight is 485 g/mol. The van der Waals surface area contributed by atoms with Crippen LogP contribution >= 0.6 is 0 Å².